The Morgan fingerprint density at radius 1 is 0.643 bits per heavy atom. The van der Waals surface area contributed by atoms with Crippen molar-refractivity contribution < 1.29 is 63.3 Å². The number of carbonyl (C=O) groups is 10. The summed E-state index contributed by atoms with van der Waals surface area (Å²) in [5.41, 5.74) is 28.8. The average Bonchev–Trinajstić information content (AvgIpc) is 4.09. The second-order valence-electron chi connectivity index (χ2n) is 20.3. The predicted molar refractivity (Wildman–Crippen MR) is 309 cm³/mol. The number of guanidine groups is 2. The molecule has 22 N–H and O–H groups in total. The number of carboxylic acids is 1. The summed E-state index contributed by atoms with van der Waals surface area (Å²) in [4.78, 5) is 151. The molecule has 2 rings (SSSR count). The van der Waals surface area contributed by atoms with Crippen LogP contribution >= 0.6 is 0 Å². The van der Waals surface area contributed by atoms with Crippen LogP contribution in [0, 0.1) is 5.92 Å². The number of nitrogens with zero attached hydrogens (tertiary/aromatic N) is 4. The number of carboxylic acid groups (broad SMARTS) is 1. The lowest BCUT2D eigenvalue weighted by Gasteiger charge is -2.31. The van der Waals surface area contributed by atoms with E-state index >= 15 is 0 Å². The van der Waals surface area contributed by atoms with E-state index in [1.807, 2.05) is 6.92 Å². The summed E-state index contributed by atoms with van der Waals surface area (Å²) in [7, 11) is 0. The van der Waals surface area contributed by atoms with Crippen LogP contribution in [-0.2, 0) is 60.8 Å². The second-order valence-corrected chi connectivity index (χ2v) is 20.3. The van der Waals surface area contributed by atoms with Crippen LogP contribution in [0.15, 0.2) is 52.8 Å². The molecule has 31 nitrogen and oxygen atoms in total. The summed E-state index contributed by atoms with van der Waals surface area (Å²) in [6, 6.07) is -2.28. The van der Waals surface area contributed by atoms with Gasteiger partial charge in [-0.15, -0.1) is 0 Å². The van der Waals surface area contributed by atoms with E-state index in [0.29, 0.717) is 31.4 Å². The summed E-state index contributed by atoms with van der Waals surface area (Å²) >= 11 is 0. The third kappa shape index (κ3) is 26.6. The van der Waals surface area contributed by atoms with Crippen molar-refractivity contribution in [2.24, 2.45) is 44.6 Å². The molecule has 1 heterocycles. The number of aliphatic carboxylic acids is 1. The molecule has 0 aliphatic carbocycles. The van der Waals surface area contributed by atoms with Gasteiger partial charge in [0.2, 0.25) is 53.2 Å². The highest BCUT2D eigenvalue weighted by Gasteiger charge is 2.37. The largest absolute Gasteiger partial charge is 0.480 e. The maximum absolute atomic E-state index is 14.2. The normalized spacial score (nSPS) is 14.9. The molecular weight excluding hydrogens is 1100 g/mol. The fourth-order valence-electron chi connectivity index (χ4n) is 8.17. The topological polar surface area (TPSA) is 514 Å². The third-order valence-electron chi connectivity index (χ3n) is 13.2. The first-order valence-corrected chi connectivity index (χ1v) is 27.8. The third-order valence-corrected chi connectivity index (χ3v) is 13.2. The number of aromatic nitrogens is 2. The number of aliphatic hydroxyl groups excluding tert-OH is 2. The van der Waals surface area contributed by atoms with Gasteiger partial charge in [0.15, 0.2) is 11.9 Å². The number of H-pyrrole nitrogens is 1. The van der Waals surface area contributed by atoms with Gasteiger partial charge in [-0.3, -0.25) is 57.9 Å². The van der Waals surface area contributed by atoms with Crippen LogP contribution in [0.4, 0.5) is 0 Å². The van der Waals surface area contributed by atoms with Crippen LogP contribution in [0.5, 0.6) is 0 Å². The van der Waals surface area contributed by atoms with Crippen molar-refractivity contribution in [1.82, 2.24) is 57.4 Å². The highest BCUT2D eigenvalue weighted by molar-refractivity contribution is 5.98. The van der Waals surface area contributed by atoms with Crippen LogP contribution in [0.25, 0.3) is 0 Å². The maximum Gasteiger partial charge on any atom is 0.323 e. The van der Waals surface area contributed by atoms with Gasteiger partial charge in [0, 0.05) is 37.9 Å². The van der Waals surface area contributed by atoms with Crippen molar-refractivity contribution in [2.75, 3.05) is 32.7 Å². The molecule has 0 fully saturated rings. The molecule has 0 bridgehead atoms. The van der Waals surface area contributed by atoms with Gasteiger partial charge in [0.25, 0.3) is 0 Å². The first-order chi connectivity index (χ1) is 39.7. The van der Waals surface area contributed by atoms with E-state index in [1.165, 1.54) is 19.4 Å². The molecule has 1 aromatic carbocycles. The molecule has 1 aromatic heterocycles. The number of hydrogen-bond donors (Lipinski definition) is 17. The lowest BCUT2D eigenvalue weighted by molar-refractivity contribution is -0.146. The monoisotopic (exact) mass is 1180 g/mol. The SMILES string of the molecule is CCCCN(CC(=O)O)C(=O)[C@@H](NC(=O)[C@H](CCCN=C(N)N)NC(=O)CNC(=O)[C@@H](NC(=O)[C@@H](NC(=O)[C@H](Cc1cnc[nH]1)NC(=O)[C@H](CCc1ccccc1)NC(=O)[C@H](C)NC(=O)[C@@H](N)CCCN=C(N)N)[C@@H](C)O)[C@@H](C)O)C(C)CC. The minimum Gasteiger partial charge on any atom is -0.480 e. The van der Waals surface area contributed by atoms with Crippen LogP contribution < -0.4 is 71.2 Å². The Morgan fingerprint density at radius 3 is 1.75 bits per heavy atom. The number of carbonyl (C=O) groups excluding carboxylic acids is 9. The minimum atomic E-state index is -1.85. The standard InChI is InChI=1S/C53H88N18O13/c1-7-9-23-71(27-40(75)76)51(84)41(29(3)8-2)68-47(80)36(18-14-22-61-53(57)58)65-39(74)26-62-49(82)42(31(5)72)70-50(83)43(32(6)73)69-48(81)38(24-34-25-59-28-63-34)67-46(79)37(20-19-33-15-11-10-12-16-33)66-44(77)30(4)64-45(78)35(54)17-13-21-60-52(55)56/h10-12,15-16,25,28-32,35-38,41-43,72-73H,7-9,13-14,17-24,26-27,54H2,1-6H3,(H,59,63)(H,62,82)(H,64,78)(H,65,74)(H,66,77)(H,67,79)(H,68,80)(H,69,81)(H,70,83)(H,75,76)(H4,55,56,60)(H4,57,58,61)/t29?,30-,31+,32+,35-,36-,37-,38-,41-,42-,43-/m0/s1. The summed E-state index contributed by atoms with van der Waals surface area (Å²) in [6.07, 6.45) is 1.55. The molecule has 11 atom stereocenters. The lowest BCUT2D eigenvalue weighted by atomic mass is 9.96. The van der Waals surface area contributed by atoms with Crippen LogP contribution in [0.2, 0.25) is 0 Å². The molecule has 0 saturated carbocycles. The van der Waals surface area contributed by atoms with Gasteiger partial charge >= 0.3 is 5.97 Å². The number of nitrogens with one attached hydrogen (secondary N) is 9. The Balaban J connectivity index is 2.32. The first-order valence-electron chi connectivity index (χ1n) is 27.8. The molecule has 0 saturated heterocycles. The molecule has 0 aliphatic rings. The van der Waals surface area contributed by atoms with Crippen molar-refractivity contribution in [3.63, 3.8) is 0 Å². The number of rotatable bonds is 39. The molecular formula is C53H88N18O13. The summed E-state index contributed by atoms with van der Waals surface area (Å²) in [5, 5.41) is 51.0. The molecule has 2 aromatic rings. The maximum atomic E-state index is 14.2. The zero-order chi connectivity index (χ0) is 63.1. The molecule has 0 spiro atoms. The minimum absolute atomic E-state index is 0.00148. The molecule has 0 radical (unpaired) electrons. The van der Waals surface area contributed by atoms with E-state index in [2.05, 4.69) is 62.5 Å². The van der Waals surface area contributed by atoms with Crippen molar-refractivity contribution >= 4 is 71.1 Å². The first kappa shape index (κ1) is 71.7. The second kappa shape index (κ2) is 37.6. The van der Waals surface area contributed by atoms with Gasteiger partial charge in [-0.05, 0) is 77.2 Å². The fraction of sp³-hybridized carbons (Fsp3) is 0.604. The average molecular weight is 1190 g/mol. The number of hydrogen-bond acceptors (Lipinski definition) is 16. The number of nitrogens with two attached hydrogens (primary N) is 5. The number of aliphatic hydroxyl groups is 2. The van der Waals surface area contributed by atoms with E-state index in [-0.39, 0.29) is 70.1 Å². The van der Waals surface area contributed by atoms with Crippen molar-refractivity contribution in [2.45, 2.75) is 166 Å². The molecule has 31 heteroatoms. The van der Waals surface area contributed by atoms with Crippen molar-refractivity contribution in [3.8, 4) is 0 Å². The van der Waals surface area contributed by atoms with E-state index < -0.39 is 139 Å². The van der Waals surface area contributed by atoms with Crippen LogP contribution in [-0.4, -0.2) is 195 Å². The Labute approximate surface area is 488 Å². The Morgan fingerprint density at radius 2 is 1.19 bits per heavy atom. The van der Waals surface area contributed by atoms with Gasteiger partial charge in [-0.25, -0.2) is 4.98 Å². The van der Waals surface area contributed by atoms with Gasteiger partial charge in [-0.1, -0.05) is 63.9 Å². The van der Waals surface area contributed by atoms with E-state index in [9.17, 15) is 63.3 Å². The quantitative estimate of drug-likeness (QED) is 0.0169. The van der Waals surface area contributed by atoms with E-state index in [4.69, 9.17) is 28.7 Å². The number of benzene rings is 1. The van der Waals surface area contributed by atoms with Crippen molar-refractivity contribution in [1.29, 1.82) is 0 Å². The van der Waals surface area contributed by atoms with E-state index in [0.717, 1.165) is 24.3 Å². The molecule has 1 unspecified atom stereocenters. The molecule has 84 heavy (non-hydrogen) atoms. The highest BCUT2D eigenvalue weighted by Crippen LogP contribution is 2.14. The van der Waals surface area contributed by atoms with Gasteiger partial charge < -0.3 is 96.4 Å². The number of unbranched alkanes of at least 4 members (excludes halogenated alkanes) is 1. The summed E-state index contributed by atoms with van der Waals surface area (Å²) in [6.45, 7) is 7.96. The number of aromatic amines is 1. The zero-order valence-corrected chi connectivity index (χ0v) is 48.6. The van der Waals surface area contributed by atoms with Crippen molar-refractivity contribution in [3.05, 3.63) is 54.1 Å². The smallest absolute Gasteiger partial charge is 0.323 e. The Kier molecular flexibility index (Phi) is 32.1. The van der Waals surface area contributed by atoms with Crippen LogP contribution in [0.3, 0.4) is 0 Å². The van der Waals surface area contributed by atoms with Gasteiger partial charge in [-0.2, -0.15) is 0 Å². The number of aliphatic imine (C=N–C) groups is 2. The Bertz CT molecular complexity index is 2510. The lowest BCUT2D eigenvalue weighted by Crippen LogP contribution is -2.62. The number of imidazole rings is 1. The Hall–Kier alpha value is -8.45. The highest BCUT2D eigenvalue weighted by atomic mass is 16.4. The van der Waals surface area contributed by atoms with Gasteiger partial charge in [0.1, 0.15) is 48.8 Å². The predicted octanol–water partition coefficient (Wildman–Crippen LogP) is -4.93. The van der Waals surface area contributed by atoms with E-state index in [1.54, 1.807) is 44.2 Å². The number of amides is 9. The molecule has 0 aliphatic heterocycles. The molecule has 9 amide bonds. The fourth-order valence-corrected chi connectivity index (χ4v) is 8.17. The summed E-state index contributed by atoms with van der Waals surface area (Å²) in [5.74, 6) is -10.1. The number of aryl methyl sites for hydroxylation is 1. The van der Waals surface area contributed by atoms with Crippen LogP contribution in [0.1, 0.15) is 104 Å². The molecule has 468 valence electrons. The zero-order valence-electron chi connectivity index (χ0n) is 48.6. The summed E-state index contributed by atoms with van der Waals surface area (Å²) < 4.78 is 0. The van der Waals surface area contributed by atoms with Gasteiger partial charge in [0.05, 0.1) is 31.1 Å².